The lowest BCUT2D eigenvalue weighted by Gasteiger charge is -2.08. The summed E-state index contributed by atoms with van der Waals surface area (Å²) in [5.74, 6) is 0.492. The maximum Gasteiger partial charge on any atom is 0.137 e. The Morgan fingerprint density at radius 3 is 2.94 bits per heavy atom. The van der Waals surface area contributed by atoms with E-state index in [4.69, 9.17) is 11.6 Å². The molecule has 0 amide bonds. The number of H-pyrrole nitrogens is 1. The van der Waals surface area contributed by atoms with Crippen molar-refractivity contribution in [2.45, 2.75) is 11.8 Å². The Hall–Kier alpha value is -0.870. The van der Waals surface area contributed by atoms with Crippen molar-refractivity contribution in [3.05, 3.63) is 52.3 Å². The molecule has 0 radical (unpaired) electrons. The Morgan fingerprint density at radius 2 is 2.31 bits per heavy atom. The second-order valence-corrected chi connectivity index (χ2v) is 4.76. The fourth-order valence-corrected chi connectivity index (χ4v) is 1.93. The first kappa shape index (κ1) is 11.6. The van der Waals surface area contributed by atoms with Crippen LogP contribution in [0.3, 0.4) is 0 Å². The maximum absolute atomic E-state index is 13.3. The van der Waals surface area contributed by atoms with E-state index in [2.05, 4.69) is 25.9 Å². The fourth-order valence-electron chi connectivity index (χ4n) is 1.40. The molecule has 0 spiro atoms. The van der Waals surface area contributed by atoms with Gasteiger partial charge in [-0.05, 0) is 33.6 Å². The Labute approximate surface area is 106 Å². The topological polar surface area (TPSA) is 28.7 Å². The van der Waals surface area contributed by atoms with Crippen molar-refractivity contribution in [3.8, 4) is 0 Å². The molecule has 84 valence electrons. The summed E-state index contributed by atoms with van der Waals surface area (Å²) in [6.45, 7) is 0. The summed E-state index contributed by atoms with van der Waals surface area (Å²) in [4.78, 5) is 7.04. The number of imidazole rings is 1. The Morgan fingerprint density at radius 1 is 1.50 bits per heavy atom. The molecule has 16 heavy (non-hydrogen) atoms. The molecule has 0 aliphatic rings. The molecule has 2 aromatic rings. The van der Waals surface area contributed by atoms with Gasteiger partial charge < -0.3 is 4.98 Å². The highest BCUT2D eigenvalue weighted by Gasteiger charge is 2.12. The average molecular weight is 304 g/mol. The van der Waals surface area contributed by atoms with Crippen LogP contribution in [0.2, 0.25) is 0 Å². The second-order valence-electron chi connectivity index (χ2n) is 3.38. The number of halogens is 3. The monoisotopic (exact) mass is 302 g/mol. The zero-order valence-corrected chi connectivity index (χ0v) is 10.6. The third kappa shape index (κ3) is 2.62. The molecule has 1 aromatic carbocycles. The van der Waals surface area contributed by atoms with Crippen LogP contribution in [-0.4, -0.2) is 9.97 Å². The molecule has 0 fully saturated rings. The summed E-state index contributed by atoms with van der Waals surface area (Å²) >= 11 is 9.28. The Bertz CT molecular complexity index is 473. The number of benzene rings is 1. The molecule has 1 heterocycles. The van der Waals surface area contributed by atoms with Crippen LogP contribution in [0, 0.1) is 5.82 Å². The highest BCUT2D eigenvalue weighted by molar-refractivity contribution is 9.10. The molecule has 0 bridgehead atoms. The van der Waals surface area contributed by atoms with Crippen LogP contribution in [0.1, 0.15) is 16.8 Å². The minimum Gasteiger partial charge on any atom is -0.349 e. The average Bonchev–Trinajstić information content (AvgIpc) is 2.74. The van der Waals surface area contributed by atoms with Gasteiger partial charge in [0.05, 0.1) is 9.85 Å². The Balaban J connectivity index is 2.14. The van der Waals surface area contributed by atoms with Crippen LogP contribution < -0.4 is 0 Å². The largest absolute Gasteiger partial charge is 0.349 e. The second kappa shape index (κ2) is 4.97. The molecule has 0 saturated carbocycles. The van der Waals surface area contributed by atoms with Gasteiger partial charge in [0.1, 0.15) is 11.6 Å². The van der Waals surface area contributed by atoms with Crippen molar-refractivity contribution in [3.63, 3.8) is 0 Å². The summed E-state index contributed by atoms with van der Waals surface area (Å²) in [6, 6.07) is 4.89. The molecular weight excluding hydrogens is 294 g/mol. The van der Waals surface area contributed by atoms with Crippen LogP contribution >= 0.6 is 27.5 Å². The number of hydrogen-bond donors (Lipinski definition) is 1. The van der Waals surface area contributed by atoms with Gasteiger partial charge in [0, 0.05) is 18.8 Å². The number of nitrogens with zero attached hydrogens (tertiary/aromatic N) is 1. The van der Waals surface area contributed by atoms with Gasteiger partial charge in [0.25, 0.3) is 0 Å². The highest BCUT2D eigenvalue weighted by atomic mass is 79.9. The van der Waals surface area contributed by atoms with E-state index in [1.54, 1.807) is 24.5 Å². The van der Waals surface area contributed by atoms with Crippen LogP contribution in [-0.2, 0) is 6.42 Å². The van der Waals surface area contributed by atoms with Crippen molar-refractivity contribution in [2.24, 2.45) is 0 Å². The molecule has 0 aliphatic heterocycles. The predicted octanol–water partition coefficient (Wildman–Crippen LogP) is 3.83. The van der Waals surface area contributed by atoms with E-state index in [0.29, 0.717) is 10.9 Å². The smallest absolute Gasteiger partial charge is 0.137 e. The summed E-state index contributed by atoms with van der Waals surface area (Å²) in [5.41, 5.74) is 0.749. The van der Waals surface area contributed by atoms with Crippen LogP contribution in [0.25, 0.3) is 0 Å². The van der Waals surface area contributed by atoms with Crippen LogP contribution in [0.15, 0.2) is 35.1 Å². The van der Waals surface area contributed by atoms with Gasteiger partial charge in [-0.1, -0.05) is 6.07 Å². The minimum atomic E-state index is -0.303. The normalized spacial score (nSPS) is 12.7. The standard InChI is InChI=1S/C11H9BrClFN2/c12-8-2-1-7(5-10(8)14)9(13)6-11-15-3-4-16-11/h1-5,9H,6H2,(H,15,16). The number of alkyl halides is 1. The number of nitrogens with one attached hydrogen (secondary N) is 1. The lowest BCUT2D eigenvalue weighted by Crippen LogP contribution is -1.98. The first-order valence-electron chi connectivity index (χ1n) is 4.74. The zero-order valence-electron chi connectivity index (χ0n) is 8.25. The summed E-state index contributed by atoms with van der Waals surface area (Å²) < 4.78 is 13.7. The molecule has 1 unspecified atom stereocenters. The van der Waals surface area contributed by atoms with E-state index in [0.717, 1.165) is 11.4 Å². The SMILES string of the molecule is Fc1cc(C(Cl)Cc2ncc[nH]2)ccc1Br. The summed E-state index contributed by atoms with van der Waals surface area (Å²) in [7, 11) is 0. The van der Waals surface area contributed by atoms with Gasteiger partial charge in [-0.25, -0.2) is 9.37 Å². The van der Waals surface area contributed by atoms with Crippen molar-refractivity contribution < 1.29 is 4.39 Å². The van der Waals surface area contributed by atoms with E-state index in [1.807, 2.05) is 0 Å². The molecule has 2 nitrogen and oxygen atoms in total. The number of hydrogen-bond acceptors (Lipinski definition) is 1. The number of aromatic amines is 1. The fraction of sp³-hybridized carbons (Fsp3) is 0.182. The highest BCUT2D eigenvalue weighted by Crippen LogP contribution is 2.26. The molecule has 1 N–H and O–H groups in total. The summed E-state index contributed by atoms with van der Waals surface area (Å²) in [5, 5.41) is -0.284. The molecule has 1 atom stereocenters. The molecule has 1 aromatic heterocycles. The lowest BCUT2D eigenvalue weighted by atomic mass is 10.1. The van der Waals surface area contributed by atoms with E-state index >= 15 is 0 Å². The first-order valence-corrected chi connectivity index (χ1v) is 5.97. The van der Waals surface area contributed by atoms with Gasteiger partial charge in [-0.15, -0.1) is 11.6 Å². The van der Waals surface area contributed by atoms with Crippen molar-refractivity contribution >= 4 is 27.5 Å². The maximum atomic E-state index is 13.3. The summed E-state index contributed by atoms with van der Waals surface area (Å²) in [6.07, 6.45) is 3.96. The zero-order chi connectivity index (χ0) is 11.5. The van der Waals surface area contributed by atoms with Gasteiger partial charge >= 0.3 is 0 Å². The predicted molar refractivity (Wildman–Crippen MR) is 65.0 cm³/mol. The van der Waals surface area contributed by atoms with E-state index in [1.165, 1.54) is 6.07 Å². The molecule has 0 saturated heterocycles. The van der Waals surface area contributed by atoms with Crippen LogP contribution in [0.5, 0.6) is 0 Å². The third-order valence-electron chi connectivity index (χ3n) is 2.23. The minimum absolute atomic E-state index is 0.284. The number of aromatic nitrogens is 2. The Kier molecular flexibility index (Phi) is 3.61. The lowest BCUT2D eigenvalue weighted by molar-refractivity contribution is 0.617. The third-order valence-corrected chi connectivity index (χ3v) is 3.28. The van der Waals surface area contributed by atoms with E-state index < -0.39 is 0 Å². The quantitative estimate of drug-likeness (QED) is 0.858. The van der Waals surface area contributed by atoms with Crippen molar-refractivity contribution in [2.75, 3.05) is 0 Å². The van der Waals surface area contributed by atoms with Crippen LogP contribution in [0.4, 0.5) is 4.39 Å². The molecular formula is C11H9BrClFN2. The molecule has 2 rings (SSSR count). The van der Waals surface area contributed by atoms with E-state index in [-0.39, 0.29) is 11.2 Å². The first-order chi connectivity index (χ1) is 7.66. The van der Waals surface area contributed by atoms with Crippen molar-refractivity contribution in [1.82, 2.24) is 9.97 Å². The number of rotatable bonds is 3. The van der Waals surface area contributed by atoms with Gasteiger partial charge in [-0.3, -0.25) is 0 Å². The van der Waals surface area contributed by atoms with E-state index in [9.17, 15) is 4.39 Å². The molecule has 0 aliphatic carbocycles. The van der Waals surface area contributed by atoms with Gasteiger partial charge in [0.2, 0.25) is 0 Å². The van der Waals surface area contributed by atoms with Gasteiger partial charge in [-0.2, -0.15) is 0 Å². The van der Waals surface area contributed by atoms with Crippen molar-refractivity contribution in [1.29, 1.82) is 0 Å². The van der Waals surface area contributed by atoms with Gasteiger partial charge in [0.15, 0.2) is 0 Å². The molecule has 5 heteroatoms.